The van der Waals surface area contributed by atoms with Crippen LogP contribution in [0.15, 0.2) is 22.7 Å². The fraction of sp³-hybridized carbons (Fsp3) is 0.455. The van der Waals surface area contributed by atoms with E-state index in [0.717, 1.165) is 22.9 Å². The van der Waals surface area contributed by atoms with Crippen LogP contribution in [0.4, 0.5) is 5.69 Å². The van der Waals surface area contributed by atoms with Crippen molar-refractivity contribution in [3.8, 4) is 0 Å². The average Bonchev–Trinajstić information content (AvgIpc) is 2.94. The lowest BCUT2D eigenvalue weighted by atomic mass is 10.1. The van der Waals surface area contributed by atoms with Crippen molar-refractivity contribution in [3.63, 3.8) is 0 Å². The van der Waals surface area contributed by atoms with Crippen LogP contribution < -0.4 is 5.32 Å². The molecule has 0 atom stereocenters. The Morgan fingerprint density at radius 1 is 1.56 bits per heavy atom. The Labute approximate surface area is 102 Å². The molecule has 1 saturated carbocycles. The van der Waals surface area contributed by atoms with Crippen molar-refractivity contribution in [2.75, 3.05) is 0 Å². The van der Waals surface area contributed by atoms with Crippen LogP contribution in [-0.2, 0) is 6.54 Å². The minimum Gasteiger partial charge on any atom is -0.307 e. The molecule has 4 nitrogen and oxygen atoms in total. The molecule has 0 radical (unpaired) electrons. The summed E-state index contributed by atoms with van der Waals surface area (Å²) in [5.74, 6) is 0. The molecule has 0 bridgehead atoms. The smallest absolute Gasteiger partial charge is 0.273 e. The van der Waals surface area contributed by atoms with Crippen LogP contribution in [0.5, 0.6) is 0 Å². The van der Waals surface area contributed by atoms with Crippen molar-refractivity contribution in [2.45, 2.75) is 31.8 Å². The van der Waals surface area contributed by atoms with Gasteiger partial charge < -0.3 is 5.32 Å². The van der Waals surface area contributed by atoms with E-state index in [-0.39, 0.29) is 16.1 Å². The fourth-order valence-corrected chi connectivity index (χ4v) is 1.96. The van der Waals surface area contributed by atoms with Gasteiger partial charge in [0.05, 0.1) is 4.92 Å². The van der Waals surface area contributed by atoms with Gasteiger partial charge in [-0.25, -0.2) is 0 Å². The summed E-state index contributed by atoms with van der Waals surface area (Å²) in [4.78, 5) is 10.5. The molecule has 0 aliphatic heterocycles. The molecular weight excluding hydrogens is 272 g/mol. The quantitative estimate of drug-likeness (QED) is 0.683. The highest BCUT2D eigenvalue weighted by atomic mass is 79.9. The molecular formula is C11H13BrN2O2. The van der Waals surface area contributed by atoms with E-state index < -0.39 is 0 Å². The van der Waals surface area contributed by atoms with E-state index in [1.807, 2.05) is 0 Å². The highest BCUT2D eigenvalue weighted by Gasteiger charge is 2.36. The summed E-state index contributed by atoms with van der Waals surface area (Å²) in [6.45, 7) is 2.68. The van der Waals surface area contributed by atoms with E-state index in [2.05, 4.69) is 28.2 Å². The maximum absolute atomic E-state index is 10.8. The normalized spacial score (nSPS) is 17.1. The molecule has 2 rings (SSSR count). The minimum atomic E-state index is -0.335. The first kappa shape index (κ1) is 11.5. The van der Waals surface area contributed by atoms with E-state index in [0.29, 0.717) is 6.54 Å². The number of nitrogens with zero attached hydrogens (tertiary/aromatic N) is 1. The minimum absolute atomic E-state index is 0.181. The molecule has 1 aliphatic carbocycles. The highest BCUT2D eigenvalue weighted by molar-refractivity contribution is 9.10. The third kappa shape index (κ3) is 2.59. The van der Waals surface area contributed by atoms with Gasteiger partial charge in [0.1, 0.15) is 0 Å². The van der Waals surface area contributed by atoms with Crippen LogP contribution in [0.25, 0.3) is 0 Å². The highest BCUT2D eigenvalue weighted by Crippen LogP contribution is 2.35. The van der Waals surface area contributed by atoms with Crippen molar-refractivity contribution in [2.24, 2.45) is 0 Å². The summed E-state index contributed by atoms with van der Waals surface area (Å²) in [7, 11) is 0. The second-order valence-corrected chi connectivity index (χ2v) is 5.36. The Bertz CT molecular complexity index is 430. The number of nitrogens with one attached hydrogen (secondary N) is 1. The SMILES string of the molecule is CC1(NCc2cc(Br)ccc2[N+](=O)[O-])CC1. The molecule has 1 fully saturated rings. The van der Waals surface area contributed by atoms with Gasteiger partial charge in [0.2, 0.25) is 0 Å². The van der Waals surface area contributed by atoms with Gasteiger partial charge in [-0.3, -0.25) is 10.1 Å². The molecule has 86 valence electrons. The molecule has 0 aromatic heterocycles. The largest absolute Gasteiger partial charge is 0.307 e. The van der Waals surface area contributed by atoms with Crippen LogP contribution in [0.2, 0.25) is 0 Å². The van der Waals surface area contributed by atoms with E-state index in [9.17, 15) is 10.1 Å². The molecule has 1 N–H and O–H groups in total. The number of nitro benzene ring substituents is 1. The van der Waals surface area contributed by atoms with Crippen molar-refractivity contribution in [1.29, 1.82) is 0 Å². The van der Waals surface area contributed by atoms with E-state index in [1.165, 1.54) is 6.07 Å². The molecule has 0 spiro atoms. The Morgan fingerprint density at radius 3 is 2.81 bits per heavy atom. The maximum atomic E-state index is 10.8. The van der Waals surface area contributed by atoms with Gasteiger partial charge in [0.15, 0.2) is 0 Å². The second-order valence-electron chi connectivity index (χ2n) is 4.44. The maximum Gasteiger partial charge on any atom is 0.273 e. The summed E-state index contributed by atoms with van der Waals surface area (Å²) in [5, 5.41) is 14.2. The van der Waals surface area contributed by atoms with Crippen molar-refractivity contribution in [1.82, 2.24) is 5.32 Å². The Hall–Kier alpha value is -0.940. The zero-order valence-corrected chi connectivity index (χ0v) is 10.6. The summed E-state index contributed by atoms with van der Waals surface area (Å²) >= 11 is 3.33. The lowest BCUT2D eigenvalue weighted by molar-refractivity contribution is -0.385. The van der Waals surface area contributed by atoms with Gasteiger partial charge in [0.25, 0.3) is 5.69 Å². The summed E-state index contributed by atoms with van der Waals surface area (Å²) in [5.41, 5.74) is 1.10. The number of hydrogen-bond donors (Lipinski definition) is 1. The van der Waals surface area contributed by atoms with Gasteiger partial charge in [-0.15, -0.1) is 0 Å². The van der Waals surface area contributed by atoms with Gasteiger partial charge in [0, 0.05) is 28.2 Å². The standard InChI is InChI=1S/C11H13BrN2O2/c1-11(4-5-11)13-7-8-6-9(12)2-3-10(8)14(15)16/h2-3,6,13H,4-5,7H2,1H3. The molecule has 5 heteroatoms. The average molecular weight is 285 g/mol. The third-order valence-corrected chi connectivity index (χ3v) is 3.44. The summed E-state index contributed by atoms with van der Waals surface area (Å²) in [6.07, 6.45) is 2.30. The zero-order valence-electron chi connectivity index (χ0n) is 9.00. The molecule has 1 aromatic carbocycles. The van der Waals surface area contributed by atoms with E-state index in [1.54, 1.807) is 12.1 Å². The number of hydrogen-bond acceptors (Lipinski definition) is 3. The molecule has 0 amide bonds. The first-order valence-corrected chi connectivity index (χ1v) is 5.97. The van der Waals surface area contributed by atoms with Crippen LogP contribution in [-0.4, -0.2) is 10.5 Å². The monoisotopic (exact) mass is 284 g/mol. The fourth-order valence-electron chi connectivity index (χ4n) is 1.55. The molecule has 1 aliphatic rings. The molecule has 0 heterocycles. The Morgan fingerprint density at radius 2 is 2.25 bits per heavy atom. The van der Waals surface area contributed by atoms with Crippen LogP contribution in [0.1, 0.15) is 25.3 Å². The lowest BCUT2D eigenvalue weighted by Gasteiger charge is -2.11. The molecule has 0 saturated heterocycles. The number of nitro groups is 1. The van der Waals surface area contributed by atoms with Gasteiger partial charge in [-0.05, 0) is 31.9 Å². The Balaban J connectivity index is 2.16. The predicted molar refractivity (Wildman–Crippen MR) is 65.3 cm³/mol. The number of rotatable bonds is 4. The van der Waals surface area contributed by atoms with E-state index >= 15 is 0 Å². The summed E-state index contributed by atoms with van der Waals surface area (Å²) < 4.78 is 0.871. The van der Waals surface area contributed by atoms with Crippen LogP contribution >= 0.6 is 15.9 Å². The third-order valence-electron chi connectivity index (χ3n) is 2.94. The van der Waals surface area contributed by atoms with Gasteiger partial charge >= 0.3 is 0 Å². The first-order chi connectivity index (χ1) is 7.50. The van der Waals surface area contributed by atoms with Gasteiger partial charge in [-0.2, -0.15) is 0 Å². The van der Waals surface area contributed by atoms with Gasteiger partial charge in [-0.1, -0.05) is 15.9 Å². The predicted octanol–water partition coefficient (Wildman–Crippen LogP) is 3.00. The Kier molecular flexibility index (Phi) is 2.99. The first-order valence-electron chi connectivity index (χ1n) is 5.18. The summed E-state index contributed by atoms with van der Waals surface area (Å²) in [6, 6.07) is 5.04. The molecule has 1 aromatic rings. The van der Waals surface area contributed by atoms with Crippen molar-refractivity contribution < 1.29 is 4.92 Å². The zero-order chi connectivity index (χ0) is 11.8. The number of halogens is 1. The lowest BCUT2D eigenvalue weighted by Crippen LogP contribution is -2.27. The number of benzene rings is 1. The van der Waals surface area contributed by atoms with Crippen molar-refractivity contribution >= 4 is 21.6 Å². The topological polar surface area (TPSA) is 55.2 Å². The van der Waals surface area contributed by atoms with E-state index in [4.69, 9.17) is 0 Å². The van der Waals surface area contributed by atoms with Crippen LogP contribution in [0, 0.1) is 10.1 Å². The van der Waals surface area contributed by atoms with Crippen LogP contribution in [0.3, 0.4) is 0 Å². The second kappa shape index (κ2) is 4.14. The molecule has 0 unspecified atom stereocenters. The van der Waals surface area contributed by atoms with Crippen molar-refractivity contribution in [3.05, 3.63) is 38.3 Å². The molecule has 16 heavy (non-hydrogen) atoms.